The van der Waals surface area contributed by atoms with Gasteiger partial charge in [0.1, 0.15) is 18.0 Å². The fourth-order valence-corrected chi connectivity index (χ4v) is 3.53. The van der Waals surface area contributed by atoms with Gasteiger partial charge in [0.2, 0.25) is 0 Å². The first kappa shape index (κ1) is 13.5. The van der Waals surface area contributed by atoms with Crippen molar-refractivity contribution in [3.63, 3.8) is 0 Å². The van der Waals surface area contributed by atoms with Gasteiger partial charge in [0.15, 0.2) is 0 Å². The first-order chi connectivity index (χ1) is 8.85. The van der Waals surface area contributed by atoms with E-state index >= 15 is 0 Å². The van der Waals surface area contributed by atoms with Crippen molar-refractivity contribution in [3.05, 3.63) is 11.9 Å². The van der Waals surface area contributed by atoms with Crippen LogP contribution >= 0.6 is 11.8 Å². The Morgan fingerprint density at radius 2 is 2.17 bits per heavy atom. The molecule has 1 fully saturated rings. The molecule has 5 heteroatoms. The van der Waals surface area contributed by atoms with Crippen LogP contribution in [0.25, 0.3) is 0 Å². The number of hydrogen-bond donors (Lipinski definition) is 2. The van der Waals surface area contributed by atoms with Gasteiger partial charge in [-0.1, -0.05) is 13.3 Å². The maximum atomic E-state index is 4.37. The molecule has 4 nitrogen and oxygen atoms in total. The molecule has 2 N–H and O–H groups in total. The Kier molecular flexibility index (Phi) is 5.11. The van der Waals surface area contributed by atoms with Gasteiger partial charge in [0, 0.05) is 24.4 Å². The Morgan fingerprint density at radius 1 is 1.33 bits per heavy atom. The van der Waals surface area contributed by atoms with E-state index in [1.54, 1.807) is 6.33 Å². The first-order valence-corrected chi connectivity index (χ1v) is 7.77. The summed E-state index contributed by atoms with van der Waals surface area (Å²) in [5, 5.41) is 7.36. The van der Waals surface area contributed by atoms with E-state index in [1.165, 1.54) is 30.6 Å². The van der Waals surface area contributed by atoms with Gasteiger partial charge in [-0.05, 0) is 25.0 Å². The molecule has 0 spiro atoms. The van der Waals surface area contributed by atoms with Gasteiger partial charge < -0.3 is 10.6 Å². The van der Waals surface area contributed by atoms with E-state index in [0.29, 0.717) is 0 Å². The highest BCUT2D eigenvalue weighted by molar-refractivity contribution is 7.99. The Morgan fingerprint density at radius 3 is 2.83 bits per heavy atom. The average Bonchev–Trinajstić information content (AvgIpc) is 2.45. The molecule has 1 saturated heterocycles. The number of nitrogens with one attached hydrogen (secondary N) is 2. The largest absolute Gasteiger partial charge is 0.373 e. The third-order valence-corrected chi connectivity index (χ3v) is 4.71. The summed E-state index contributed by atoms with van der Waals surface area (Å²) in [6.07, 6.45) is 6.63. The summed E-state index contributed by atoms with van der Waals surface area (Å²) in [6.45, 7) is 3.15. The molecular formula is C13H22N4S. The van der Waals surface area contributed by atoms with Crippen LogP contribution in [0.4, 0.5) is 11.6 Å². The van der Waals surface area contributed by atoms with E-state index in [4.69, 9.17) is 0 Å². The lowest BCUT2D eigenvalue weighted by atomic mass is 10.2. The van der Waals surface area contributed by atoms with Crippen molar-refractivity contribution in [2.45, 2.75) is 37.9 Å². The molecule has 1 aromatic heterocycles. The Balaban J connectivity index is 1.99. The van der Waals surface area contributed by atoms with Crippen molar-refractivity contribution in [1.29, 1.82) is 0 Å². The lowest BCUT2D eigenvalue weighted by molar-refractivity contribution is 0.676. The minimum atomic E-state index is 0.733. The summed E-state index contributed by atoms with van der Waals surface area (Å²) in [7, 11) is 1.91. The van der Waals surface area contributed by atoms with E-state index in [-0.39, 0.29) is 0 Å². The zero-order valence-electron chi connectivity index (χ0n) is 11.2. The van der Waals surface area contributed by atoms with Crippen LogP contribution in [0.15, 0.2) is 6.33 Å². The number of thioether (sulfide) groups is 1. The molecule has 0 radical (unpaired) electrons. The summed E-state index contributed by atoms with van der Waals surface area (Å²) < 4.78 is 0. The topological polar surface area (TPSA) is 49.8 Å². The molecule has 0 saturated carbocycles. The van der Waals surface area contributed by atoms with Crippen LogP contribution in [-0.2, 0) is 6.42 Å². The minimum Gasteiger partial charge on any atom is -0.373 e. The highest BCUT2D eigenvalue weighted by atomic mass is 32.2. The number of rotatable bonds is 5. The van der Waals surface area contributed by atoms with Crippen molar-refractivity contribution in [1.82, 2.24) is 9.97 Å². The van der Waals surface area contributed by atoms with E-state index in [0.717, 1.165) is 29.9 Å². The fraction of sp³-hybridized carbons (Fsp3) is 0.692. The highest BCUT2D eigenvalue weighted by Crippen LogP contribution is 2.26. The van der Waals surface area contributed by atoms with Crippen molar-refractivity contribution >= 4 is 23.4 Å². The number of aromatic nitrogens is 2. The van der Waals surface area contributed by atoms with Crippen LogP contribution in [0, 0.1) is 0 Å². The number of anilines is 2. The standard InChI is InChI=1S/C13H22N4S/c1-3-11-12(14-2)16-9-17-13(11)15-8-10-6-4-5-7-18-10/h9-10H,3-8H2,1-2H3,(H2,14,15,16,17). The zero-order chi connectivity index (χ0) is 12.8. The SMILES string of the molecule is CCc1c(NC)ncnc1NCC1CCCCS1. The molecule has 2 heterocycles. The molecule has 1 aromatic rings. The molecule has 0 bridgehead atoms. The number of hydrogen-bond acceptors (Lipinski definition) is 5. The van der Waals surface area contributed by atoms with Crippen molar-refractivity contribution in [2.75, 3.05) is 30.0 Å². The zero-order valence-corrected chi connectivity index (χ0v) is 12.0. The quantitative estimate of drug-likeness (QED) is 0.858. The average molecular weight is 266 g/mol. The lowest BCUT2D eigenvalue weighted by Gasteiger charge is -2.22. The molecule has 0 aliphatic carbocycles. The van der Waals surface area contributed by atoms with Crippen molar-refractivity contribution < 1.29 is 0 Å². The van der Waals surface area contributed by atoms with Gasteiger partial charge in [-0.2, -0.15) is 11.8 Å². The van der Waals surface area contributed by atoms with Crippen molar-refractivity contribution in [3.8, 4) is 0 Å². The predicted octanol–water partition coefficient (Wildman–Crippen LogP) is 2.78. The normalized spacial score (nSPS) is 19.6. The summed E-state index contributed by atoms with van der Waals surface area (Å²) in [6, 6.07) is 0. The van der Waals surface area contributed by atoms with E-state index in [9.17, 15) is 0 Å². The molecule has 18 heavy (non-hydrogen) atoms. The minimum absolute atomic E-state index is 0.733. The van der Waals surface area contributed by atoms with Crippen LogP contribution in [-0.4, -0.2) is 34.6 Å². The monoisotopic (exact) mass is 266 g/mol. The molecule has 1 unspecified atom stereocenters. The van der Waals surface area contributed by atoms with Gasteiger partial charge in [-0.25, -0.2) is 9.97 Å². The summed E-state index contributed by atoms with van der Waals surface area (Å²) in [5.74, 6) is 3.23. The predicted molar refractivity (Wildman–Crippen MR) is 79.5 cm³/mol. The molecule has 2 rings (SSSR count). The fourth-order valence-electron chi connectivity index (χ4n) is 2.29. The Bertz CT molecular complexity index is 377. The highest BCUT2D eigenvalue weighted by Gasteiger charge is 2.15. The van der Waals surface area contributed by atoms with E-state index in [2.05, 4.69) is 39.3 Å². The smallest absolute Gasteiger partial charge is 0.134 e. The van der Waals surface area contributed by atoms with E-state index < -0.39 is 0 Å². The molecule has 1 aliphatic heterocycles. The summed E-state index contributed by atoms with van der Waals surface area (Å²) in [5.41, 5.74) is 1.18. The van der Waals surface area contributed by atoms with Gasteiger partial charge >= 0.3 is 0 Å². The van der Waals surface area contributed by atoms with Crippen LogP contribution in [0.2, 0.25) is 0 Å². The van der Waals surface area contributed by atoms with Gasteiger partial charge in [0.25, 0.3) is 0 Å². The van der Waals surface area contributed by atoms with Gasteiger partial charge in [-0.3, -0.25) is 0 Å². The molecule has 0 amide bonds. The molecule has 0 aromatic carbocycles. The first-order valence-electron chi connectivity index (χ1n) is 6.72. The van der Waals surface area contributed by atoms with Crippen molar-refractivity contribution in [2.24, 2.45) is 0 Å². The maximum absolute atomic E-state index is 4.37. The third-order valence-electron chi connectivity index (χ3n) is 3.31. The Hall–Kier alpha value is -0.970. The van der Waals surface area contributed by atoms with Crippen LogP contribution in [0.5, 0.6) is 0 Å². The van der Waals surface area contributed by atoms with E-state index in [1.807, 2.05) is 7.05 Å². The molecule has 1 aliphatic rings. The van der Waals surface area contributed by atoms with Gasteiger partial charge in [-0.15, -0.1) is 0 Å². The van der Waals surface area contributed by atoms with Gasteiger partial charge in [0.05, 0.1) is 0 Å². The second kappa shape index (κ2) is 6.83. The summed E-state index contributed by atoms with van der Waals surface area (Å²) in [4.78, 5) is 8.63. The Labute approximate surface area is 113 Å². The summed E-state index contributed by atoms with van der Waals surface area (Å²) >= 11 is 2.08. The second-order valence-corrected chi connectivity index (χ2v) is 5.93. The molecular weight excluding hydrogens is 244 g/mol. The maximum Gasteiger partial charge on any atom is 0.134 e. The van der Waals surface area contributed by atoms with Crippen LogP contribution in [0.1, 0.15) is 31.7 Å². The van der Waals surface area contributed by atoms with Crippen LogP contribution < -0.4 is 10.6 Å². The molecule has 1 atom stereocenters. The van der Waals surface area contributed by atoms with Crippen LogP contribution in [0.3, 0.4) is 0 Å². The lowest BCUT2D eigenvalue weighted by Crippen LogP contribution is -2.21. The molecule has 100 valence electrons. The third kappa shape index (κ3) is 3.28. The number of nitrogens with zero attached hydrogens (tertiary/aromatic N) is 2. The second-order valence-electron chi connectivity index (χ2n) is 4.52.